The van der Waals surface area contributed by atoms with E-state index in [1.807, 2.05) is 11.0 Å². The molecule has 1 saturated heterocycles. The molecule has 11 heteroatoms. The number of nitrogens with one attached hydrogen (secondary N) is 1. The summed E-state index contributed by atoms with van der Waals surface area (Å²) in [6, 6.07) is 15.7. The van der Waals surface area contributed by atoms with Crippen molar-refractivity contribution in [1.82, 2.24) is 19.8 Å². The molecule has 0 aliphatic carbocycles. The molecule has 0 atom stereocenters. The molecule has 0 radical (unpaired) electrons. The van der Waals surface area contributed by atoms with Crippen molar-refractivity contribution in [3.8, 4) is 11.6 Å². The Hall–Kier alpha value is -4.22. The molecule has 1 fully saturated rings. The highest BCUT2D eigenvalue weighted by Crippen LogP contribution is 2.35. The second kappa shape index (κ2) is 11.5. The first-order valence-electron chi connectivity index (χ1n) is 12.9. The van der Waals surface area contributed by atoms with E-state index in [4.69, 9.17) is 10.5 Å². The molecule has 4 aromatic rings. The van der Waals surface area contributed by atoms with E-state index < -0.39 is 17.6 Å². The Morgan fingerprint density at radius 1 is 1.00 bits per heavy atom. The minimum Gasteiger partial charge on any atom is -0.439 e. The van der Waals surface area contributed by atoms with Gasteiger partial charge in [0.25, 0.3) is 5.91 Å². The van der Waals surface area contributed by atoms with E-state index >= 15 is 0 Å². The number of piperazine rings is 1. The van der Waals surface area contributed by atoms with Gasteiger partial charge in [0.15, 0.2) is 0 Å². The Morgan fingerprint density at radius 2 is 1.77 bits per heavy atom. The van der Waals surface area contributed by atoms with Gasteiger partial charge in [0, 0.05) is 50.0 Å². The van der Waals surface area contributed by atoms with Crippen LogP contribution in [0.1, 0.15) is 28.4 Å². The third-order valence-electron chi connectivity index (χ3n) is 6.96. The fraction of sp³-hybridized carbons (Fsp3) is 0.276. The van der Waals surface area contributed by atoms with Gasteiger partial charge in [0.1, 0.15) is 17.9 Å². The number of alkyl halides is 3. The van der Waals surface area contributed by atoms with E-state index in [0.29, 0.717) is 35.2 Å². The third kappa shape index (κ3) is 6.32. The lowest BCUT2D eigenvalue weighted by atomic mass is 10.0. The van der Waals surface area contributed by atoms with Gasteiger partial charge in [0.05, 0.1) is 5.56 Å². The summed E-state index contributed by atoms with van der Waals surface area (Å²) < 4.78 is 47.8. The number of carbonyl (C=O) groups is 1. The molecular weight excluding hydrogens is 521 g/mol. The number of carbonyl (C=O) groups excluding carboxylic acids is 1. The predicted octanol–water partition coefficient (Wildman–Crippen LogP) is 5.41. The van der Waals surface area contributed by atoms with Gasteiger partial charge in [-0.05, 0) is 59.3 Å². The van der Waals surface area contributed by atoms with Crippen LogP contribution in [0.4, 0.5) is 24.7 Å². The van der Waals surface area contributed by atoms with Crippen LogP contribution in [0.5, 0.6) is 11.6 Å². The van der Waals surface area contributed by atoms with E-state index in [9.17, 15) is 18.0 Å². The molecule has 1 aliphatic heterocycles. The molecule has 0 saturated carbocycles. The number of amides is 1. The van der Waals surface area contributed by atoms with Gasteiger partial charge < -0.3 is 20.7 Å². The highest BCUT2D eigenvalue weighted by Gasteiger charge is 2.34. The topological polar surface area (TPSA) is 96.6 Å². The molecule has 0 unspecified atom stereocenters. The van der Waals surface area contributed by atoms with Crippen molar-refractivity contribution in [2.45, 2.75) is 19.6 Å². The zero-order valence-electron chi connectivity index (χ0n) is 21.9. The second-order valence-electron chi connectivity index (χ2n) is 9.61. The maximum absolute atomic E-state index is 14.0. The number of hydrogen-bond acceptors (Lipinski definition) is 7. The summed E-state index contributed by atoms with van der Waals surface area (Å²) in [6.45, 7) is 6.30. The average molecular weight is 551 g/mol. The van der Waals surface area contributed by atoms with Gasteiger partial charge in [-0.15, -0.1) is 0 Å². The number of likely N-dealkylation sites (N-methyl/N-ethyl adjacent to an activating group) is 1. The molecule has 208 valence electrons. The van der Waals surface area contributed by atoms with Crippen molar-refractivity contribution in [3.05, 3.63) is 83.7 Å². The number of hydrogen-bond donors (Lipinski definition) is 2. The number of halogens is 3. The van der Waals surface area contributed by atoms with E-state index in [1.165, 1.54) is 24.5 Å². The van der Waals surface area contributed by atoms with Gasteiger partial charge in [-0.3, -0.25) is 9.69 Å². The van der Waals surface area contributed by atoms with Crippen molar-refractivity contribution < 1.29 is 22.7 Å². The summed E-state index contributed by atoms with van der Waals surface area (Å²) in [5, 5.41) is 3.98. The number of nitrogen functional groups attached to an aromatic ring is 1. The molecule has 0 spiro atoms. The predicted molar refractivity (Wildman–Crippen MR) is 147 cm³/mol. The van der Waals surface area contributed by atoms with Gasteiger partial charge in [-0.25, -0.2) is 9.97 Å². The standard InChI is InChI=1S/C29H29F3N6O2/c1-2-37-10-12-38(13-11-37)17-20-6-7-21(15-25(20)29(30,31)32)36-28(39)24-5-3-4-19-14-22(8-9-23(19)24)40-27-16-26(33)34-18-35-27/h3-9,14-16,18H,2,10-13,17H2,1H3,(H,36,39)(H2,33,34,35). The fourth-order valence-corrected chi connectivity index (χ4v) is 4.81. The van der Waals surface area contributed by atoms with E-state index in [-0.39, 0.29) is 29.5 Å². The lowest BCUT2D eigenvalue weighted by molar-refractivity contribution is -0.138. The van der Waals surface area contributed by atoms with Crippen molar-refractivity contribution in [2.75, 3.05) is 43.8 Å². The Kier molecular flexibility index (Phi) is 7.85. The molecule has 3 aromatic carbocycles. The van der Waals surface area contributed by atoms with Crippen LogP contribution < -0.4 is 15.8 Å². The Balaban J connectivity index is 1.34. The molecule has 2 heterocycles. The molecule has 1 aliphatic rings. The van der Waals surface area contributed by atoms with Gasteiger partial charge >= 0.3 is 6.18 Å². The molecule has 1 amide bonds. The Labute approximate surface area is 229 Å². The molecule has 5 rings (SSSR count). The number of benzene rings is 3. The number of nitrogens with two attached hydrogens (primary N) is 1. The average Bonchev–Trinajstić information content (AvgIpc) is 2.93. The number of ether oxygens (including phenoxy) is 1. The van der Waals surface area contributed by atoms with Crippen molar-refractivity contribution in [1.29, 1.82) is 0 Å². The first-order valence-corrected chi connectivity index (χ1v) is 12.9. The summed E-state index contributed by atoms with van der Waals surface area (Å²) in [5.74, 6) is 0.498. The summed E-state index contributed by atoms with van der Waals surface area (Å²) in [5.41, 5.74) is 5.52. The van der Waals surface area contributed by atoms with Crippen LogP contribution in [0, 0.1) is 0 Å². The van der Waals surface area contributed by atoms with Crippen LogP contribution in [0.15, 0.2) is 67.0 Å². The summed E-state index contributed by atoms with van der Waals surface area (Å²) in [6.07, 6.45) is -3.26. The van der Waals surface area contributed by atoms with Crippen LogP contribution in [-0.4, -0.2) is 58.4 Å². The van der Waals surface area contributed by atoms with Crippen LogP contribution in [0.2, 0.25) is 0 Å². The van der Waals surface area contributed by atoms with Crippen LogP contribution >= 0.6 is 0 Å². The number of rotatable bonds is 7. The fourth-order valence-electron chi connectivity index (χ4n) is 4.81. The largest absolute Gasteiger partial charge is 0.439 e. The Bertz CT molecular complexity index is 1520. The quantitative estimate of drug-likeness (QED) is 0.318. The smallest absolute Gasteiger partial charge is 0.416 e. The maximum Gasteiger partial charge on any atom is 0.416 e. The normalized spacial score (nSPS) is 14.8. The number of anilines is 2. The highest BCUT2D eigenvalue weighted by molar-refractivity contribution is 6.13. The lowest BCUT2D eigenvalue weighted by Gasteiger charge is -2.34. The summed E-state index contributed by atoms with van der Waals surface area (Å²) >= 11 is 0. The number of fused-ring (bicyclic) bond motifs is 1. The van der Waals surface area contributed by atoms with Crippen LogP contribution in [0.3, 0.4) is 0 Å². The zero-order chi connectivity index (χ0) is 28.3. The highest BCUT2D eigenvalue weighted by atomic mass is 19.4. The molecule has 3 N–H and O–H groups in total. The SMILES string of the molecule is CCN1CCN(Cc2ccc(NC(=O)c3cccc4cc(Oc5cc(N)ncn5)ccc34)cc2C(F)(F)F)CC1. The molecule has 1 aromatic heterocycles. The van der Waals surface area contributed by atoms with Crippen molar-refractivity contribution in [3.63, 3.8) is 0 Å². The van der Waals surface area contributed by atoms with E-state index in [1.54, 1.807) is 30.3 Å². The lowest BCUT2D eigenvalue weighted by Crippen LogP contribution is -2.45. The third-order valence-corrected chi connectivity index (χ3v) is 6.96. The first-order chi connectivity index (χ1) is 19.2. The molecule has 0 bridgehead atoms. The maximum atomic E-state index is 14.0. The molecule has 40 heavy (non-hydrogen) atoms. The Morgan fingerprint density at radius 3 is 2.50 bits per heavy atom. The minimum absolute atomic E-state index is 0.0789. The molecule has 8 nitrogen and oxygen atoms in total. The monoisotopic (exact) mass is 550 g/mol. The first kappa shape index (κ1) is 27.4. The van der Waals surface area contributed by atoms with Crippen molar-refractivity contribution in [2.24, 2.45) is 0 Å². The van der Waals surface area contributed by atoms with Crippen molar-refractivity contribution >= 4 is 28.2 Å². The minimum atomic E-state index is -4.55. The van der Waals surface area contributed by atoms with E-state index in [2.05, 4.69) is 27.1 Å². The number of aromatic nitrogens is 2. The summed E-state index contributed by atoms with van der Waals surface area (Å²) in [4.78, 5) is 25.3. The van der Waals surface area contributed by atoms with Gasteiger partial charge in [0.2, 0.25) is 5.88 Å². The van der Waals surface area contributed by atoms with Gasteiger partial charge in [-0.2, -0.15) is 13.2 Å². The van der Waals surface area contributed by atoms with Gasteiger partial charge in [-0.1, -0.05) is 25.1 Å². The molecular formula is C29H29F3N6O2. The van der Waals surface area contributed by atoms with Crippen LogP contribution in [-0.2, 0) is 12.7 Å². The zero-order valence-corrected chi connectivity index (χ0v) is 21.9. The summed E-state index contributed by atoms with van der Waals surface area (Å²) in [7, 11) is 0. The number of nitrogens with zero attached hydrogens (tertiary/aromatic N) is 4. The van der Waals surface area contributed by atoms with E-state index in [0.717, 1.165) is 25.7 Å². The second-order valence-corrected chi connectivity index (χ2v) is 9.61. The van der Waals surface area contributed by atoms with Crippen LogP contribution in [0.25, 0.3) is 10.8 Å².